The maximum Gasteiger partial charge on any atom is 0.412 e. The fraction of sp³-hybridized carbons (Fsp3) is 0.364. The van der Waals surface area contributed by atoms with E-state index in [0.29, 0.717) is 28.7 Å². The van der Waals surface area contributed by atoms with Gasteiger partial charge >= 0.3 is 26.3 Å². The van der Waals surface area contributed by atoms with Crippen molar-refractivity contribution < 1.29 is 48.9 Å². The molecule has 0 aliphatic rings. The van der Waals surface area contributed by atoms with Crippen LogP contribution >= 0.6 is 0 Å². The van der Waals surface area contributed by atoms with E-state index in [9.17, 15) is 21.6 Å². The highest BCUT2D eigenvalue weighted by Crippen LogP contribution is 2.50. The second-order valence-corrected chi connectivity index (χ2v) is 14.9. The van der Waals surface area contributed by atoms with E-state index in [1.807, 2.05) is 19.9 Å². The lowest BCUT2D eigenvalue weighted by Crippen LogP contribution is -2.27. The molecule has 0 aromatic heterocycles. The molecule has 0 saturated heterocycles. The summed E-state index contributed by atoms with van der Waals surface area (Å²) in [4.78, 5) is 13.2. The molecule has 14 heteroatoms. The number of nitrogens with one attached hydrogen (secondary N) is 1. The van der Waals surface area contributed by atoms with Crippen LogP contribution in [-0.4, -0.2) is 61.9 Å². The Kier molecular flexibility index (Phi) is 11.8. The molecule has 0 atom stereocenters. The van der Waals surface area contributed by atoms with Gasteiger partial charge in [0.2, 0.25) is 0 Å². The Morgan fingerprint density at radius 2 is 1.43 bits per heavy atom. The highest BCUT2D eigenvalue weighted by atomic mass is 32.2. The molecule has 0 aliphatic heterocycles. The highest BCUT2D eigenvalue weighted by molar-refractivity contribution is 7.86. The number of hydrogen-bond acceptors (Lipinski definition) is 11. The lowest BCUT2D eigenvalue weighted by atomic mass is 9.95. The van der Waals surface area contributed by atoms with Crippen molar-refractivity contribution in [3.05, 3.63) is 60.2 Å². The topological polar surface area (TPSA) is 153 Å². The van der Waals surface area contributed by atoms with Crippen LogP contribution in [0.25, 0.3) is 22.3 Å². The molecule has 1 N–H and O–H groups in total. The Morgan fingerprint density at radius 3 is 1.96 bits per heavy atom. The van der Waals surface area contributed by atoms with Gasteiger partial charge in [-0.05, 0) is 82.5 Å². The number of carbonyl (C=O) groups excluding carboxylic acids is 1. The van der Waals surface area contributed by atoms with Gasteiger partial charge in [-0.2, -0.15) is 16.8 Å². The van der Waals surface area contributed by atoms with Gasteiger partial charge in [-0.15, -0.1) is 0 Å². The summed E-state index contributed by atoms with van der Waals surface area (Å²) >= 11 is 0. The van der Waals surface area contributed by atoms with E-state index in [1.54, 1.807) is 51.1 Å². The molecule has 12 nitrogen and oxygen atoms in total. The molecule has 0 saturated carbocycles. The van der Waals surface area contributed by atoms with Gasteiger partial charge in [-0.3, -0.25) is 5.32 Å². The summed E-state index contributed by atoms with van der Waals surface area (Å²) in [6.45, 7) is 9.35. The van der Waals surface area contributed by atoms with Crippen LogP contribution in [0.5, 0.6) is 28.7 Å². The van der Waals surface area contributed by atoms with E-state index >= 15 is 0 Å². The SMILES string of the molecule is COc1cc(-c2ccc(OS(C)(=O)=O)cc2)c(OC)c(NC(=O)OC(C)(C)C)c1-c1ccc(OCCC=C(C)C)c(OS(C)(=O)=O)c1. The van der Waals surface area contributed by atoms with Gasteiger partial charge in [0.25, 0.3) is 0 Å². The van der Waals surface area contributed by atoms with E-state index in [-0.39, 0.29) is 41.0 Å². The Labute approximate surface area is 276 Å². The van der Waals surface area contributed by atoms with Gasteiger partial charge < -0.3 is 27.3 Å². The van der Waals surface area contributed by atoms with E-state index in [4.69, 9.17) is 27.3 Å². The van der Waals surface area contributed by atoms with Gasteiger partial charge in [0.15, 0.2) is 17.2 Å². The first-order chi connectivity index (χ1) is 21.8. The Balaban J connectivity index is 2.28. The third-order valence-electron chi connectivity index (χ3n) is 6.11. The number of methoxy groups -OCH3 is 2. The molecular formula is C33H41NO11S2. The number of amides is 1. The fourth-order valence-corrected chi connectivity index (χ4v) is 5.35. The number of allylic oxidation sites excluding steroid dienone is 1. The summed E-state index contributed by atoms with van der Waals surface area (Å²) in [5.74, 6) is 0.702. The molecule has 0 fully saturated rings. The molecule has 1 amide bonds. The van der Waals surface area contributed by atoms with Crippen LogP contribution in [0.15, 0.2) is 60.2 Å². The quantitative estimate of drug-likeness (QED) is 0.114. The normalized spacial score (nSPS) is 11.7. The van der Waals surface area contributed by atoms with Crippen LogP contribution in [0.1, 0.15) is 41.0 Å². The number of anilines is 1. The first-order valence-corrected chi connectivity index (χ1v) is 18.0. The van der Waals surface area contributed by atoms with Gasteiger partial charge in [0.1, 0.15) is 17.1 Å². The van der Waals surface area contributed by atoms with Crippen molar-refractivity contribution in [2.75, 3.05) is 38.7 Å². The molecular weight excluding hydrogens is 650 g/mol. The van der Waals surface area contributed by atoms with Crippen LogP contribution in [0.3, 0.4) is 0 Å². The van der Waals surface area contributed by atoms with Crippen molar-refractivity contribution in [2.24, 2.45) is 0 Å². The molecule has 0 radical (unpaired) electrons. The third-order valence-corrected chi connectivity index (χ3v) is 7.09. The predicted molar refractivity (Wildman–Crippen MR) is 181 cm³/mol. The number of ether oxygens (including phenoxy) is 4. The van der Waals surface area contributed by atoms with Crippen LogP contribution in [0.2, 0.25) is 0 Å². The summed E-state index contributed by atoms with van der Waals surface area (Å²) in [5, 5.41) is 2.78. The zero-order chi connectivity index (χ0) is 35.2. The molecule has 3 aromatic carbocycles. The second-order valence-electron chi connectivity index (χ2n) is 11.7. The maximum absolute atomic E-state index is 13.2. The smallest absolute Gasteiger partial charge is 0.412 e. The van der Waals surface area contributed by atoms with Crippen LogP contribution in [0, 0.1) is 0 Å². The molecule has 3 rings (SSSR count). The molecule has 0 aliphatic carbocycles. The molecule has 47 heavy (non-hydrogen) atoms. The summed E-state index contributed by atoms with van der Waals surface area (Å²) in [6, 6.07) is 12.6. The summed E-state index contributed by atoms with van der Waals surface area (Å²) in [7, 11) is -4.86. The van der Waals surface area contributed by atoms with Crippen molar-refractivity contribution in [1.29, 1.82) is 0 Å². The standard InChI is InChI=1S/C33H41NO11S2/c1-21(2)11-10-18-42-26-17-14-23(19-27(26)45-47(9,38)39)29-28(40-6)20-25(22-12-15-24(16-13-22)44-46(8,36)37)31(41-7)30(29)34-32(35)43-33(3,4)5/h11-17,19-20H,10,18H2,1-9H3,(H,34,35). The zero-order valence-electron chi connectivity index (χ0n) is 27.9. The van der Waals surface area contributed by atoms with Crippen LogP contribution in [0.4, 0.5) is 10.5 Å². The summed E-state index contributed by atoms with van der Waals surface area (Å²) in [5.41, 5.74) is 2.18. The van der Waals surface area contributed by atoms with Gasteiger partial charge in [-0.1, -0.05) is 29.8 Å². The number of carbonyl (C=O) groups is 1. The Bertz CT molecular complexity index is 1840. The van der Waals surface area contributed by atoms with E-state index in [0.717, 1.165) is 18.1 Å². The minimum Gasteiger partial charge on any atom is -0.496 e. The first-order valence-electron chi connectivity index (χ1n) is 14.4. The number of benzene rings is 3. The maximum atomic E-state index is 13.2. The van der Waals surface area contributed by atoms with E-state index in [1.165, 1.54) is 32.4 Å². The summed E-state index contributed by atoms with van der Waals surface area (Å²) < 4.78 is 81.0. The fourth-order valence-electron chi connectivity index (χ4n) is 4.43. The van der Waals surface area contributed by atoms with Gasteiger partial charge in [-0.25, -0.2) is 4.79 Å². The molecule has 0 bridgehead atoms. The molecule has 0 spiro atoms. The van der Waals surface area contributed by atoms with Crippen molar-refractivity contribution in [3.8, 4) is 51.0 Å². The Morgan fingerprint density at radius 1 is 0.809 bits per heavy atom. The largest absolute Gasteiger partial charge is 0.496 e. The minimum absolute atomic E-state index is 0.0722. The lowest BCUT2D eigenvalue weighted by molar-refractivity contribution is 0.0635. The van der Waals surface area contributed by atoms with Crippen LogP contribution in [-0.2, 0) is 25.0 Å². The molecule has 0 heterocycles. The van der Waals surface area contributed by atoms with Gasteiger partial charge in [0, 0.05) is 5.56 Å². The van der Waals surface area contributed by atoms with Crippen molar-refractivity contribution in [1.82, 2.24) is 0 Å². The Hall–Kier alpha value is -4.43. The molecule has 0 unspecified atom stereocenters. The van der Waals surface area contributed by atoms with Crippen LogP contribution < -0.4 is 27.9 Å². The van der Waals surface area contributed by atoms with Gasteiger partial charge in [0.05, 0.1) is 44.6 Å². The van der Waals surface area contributed by atoms with Crippen molar-refractivity contribution in [3.63, 3.8) is 0 Å². The predicted octanol–water partition coefficient (Wildman–Crippen LogP) is 6.80. The monoisotopic (exact) mass is 691 g/mol. The number of rotatable bonds is 13. The first kappa shape index (κ1) is 37.0. The molecule has 256 valence electrons. The average molecular weight is 692 g/mol. The molecule has 3 aromatic rings. The minimum atomic E-state index is -3.96. The summed E-state index contributed by atoms with van der Waals surface area (Å²) in [6.07, 6.45) is 3.66. The second kappa shape index (κ2) is 15.0. The van der Waals surface area contributed by atoms with E-state index < -0.39 is 31.9 Å². The average Bonchev–Trinajstić information content (AvgIpc) is 2.93. The highest BCUT2D eigenvalue weighted by Gasteiger charge is 2.27. The van der Waals surface area contributed by atoms with Crippen molar-refractivity contribution in [2.45, 2.75) is 46.6 Å². The third kappa shape index (κ3) is 11.1. The van der Waals surface area contributed by atoms with E-state index in [2.05, 4.69) is 5.32 Å². The zero-order valence-corrected chi connectivity index (χ0v) is 29.6. The number of hydrogen-bond donors (Lipinski definition) is 1. The lowest BCUT2D eigenvalue weighted by Gasteiger charge is -2.24. The van der Waals surface area contributed by atoms with Crippen molar-refractivity contribution >= 4 is 32.0 Å².